The SMILES string of the molecule is CC#Cc1cc(Oc2ncnc3ccc(O[C@H]4CCNC4)nc23)ccc1Cl. The maximum absolute atomic E-state index is 6.16. The lowest BCUT2D eigenvalue weighted by molar-refractivity contribution is 0.214. The van der Waals surface area contributed by atoms with Crippen molar-refractivity contribution in [2.45, 2.75) is 19.4 Å². The van der Waals surface area contributed by atoms with Crippen LogP contribution in [0.25, 0.3) is 11.0 Å². The van der Waals surface area contributed by atoms with E-state index in [9.17, 15) is 0 Å². The van der Waals surface area contributed by atoms with E-state index in [-0.39, 0.29) is 6.10 Å². The zero-order chi connectivity index (χ0) is 18.6. The molecule has 1 atom stereocenters. The van der Waals surface area contributed by atoms with Crippen molar-refractivity contribution in [2.75, 3.05) is 13.1 Å². The summed E-state index contributed by atoms with van der Waals surface area (Å²) in [5.41, 5.74) is 1.92. The highest BCUT2D eigenvalue weighted by atomic mass is 35.5. The van der Waals surface area contributed by atoms with Crippen LogP contribution in [0.1, 0.15) is 18.9 Å². The van der Waals surface area contributed by atoms with Gasteiger partial charge in [0.25, 0.3) is 0 Å². The van der Waals surface area contributed by atoms with Crippen LogP contribution in [0.2, 0.25) is 5.02 Å². The first-order valence-electron chi connectivity index (χ1n) is 8.62. The van der Waals surface area contributed by atoms with E-state index in [0.717, 1.165) is 19.5 Å². The molecule has 0 bridgehead atoms. The van der Waals surface area contributed by atoms with Crippen LogP contribution in [0.15, 0.2) is 36.7 Å². The van der Waals surface area contributed by atoms with Crippen LogP contribution in [0.3, 0.4) is 0 Å². The van der Waals surface area contributed by atoms with Gasteiger partial charge in [-0.3, -0.25) is 0 Å². The van der Waals surface area contributed by atoms with Crippen molar-refractivity contribution in [2.24, 2.45) is 0 Å². The number of halogens is 1. The largest absolute Gasteiger partial charge is 0.473 e. The van der Waals surface area contributed by atoms with Crippen molar-refractivity contribution < 1.29 is 9.47 Å². The lowest BCUT2D eigenvalue weighted by atomic mass is 10.2. The summed E-state index contributed by atoms with van der Waals surface area (Å²) in [5.74, 6) is 7.25. The molecule has 0 amide bonds. The van der Waals surface area contributed by atoms with Gasteiger partial charge in [0.2, 0.25) is 11.8 Å². The molecule has 1 saturated heterocycles. The molecule has 4 rings (SSSR count). The lowest BCUT2D eigenvalue weighted by Crippen LogP contribution is -2.20. The maximum atomic E-state index is 6.16. The summed E-state index contributed by atoms with van der Waals surface area (Å²) in [6.45, 7) is 3.53. The molecule has 3 aromatic rings. The first-order chi connectivity index (χ1) is 13.2. The van der Waals surface area contributed by atoms with E-state index in [1.165, 1.54) is 6.33 Å². The fourth-order valence-electron chi connectivity index (χ4n) is 2.85. The van der Waals surface area contributed by atoms with E-state index in [1.807, 2.05) is 12.1 Å². The van der Waals surface area contributed by atoms with Gasteiger partial charge in [-0.25, -0.2) is 9.97 Å². The molecule has 1 fully saturated rings. The second-order valence-corrected chi connectivity index (χ2v) is 6.45. The quantitative estimate of drug-likeness (QED) is 0.698. The second-order valence-electron chi connectivity index (χ2n) is 6.05. The van der Waals surface area contributed by atoms with Crippen LogP contribution in [0.4, 0.5) is 0 Å². The maximum Gasteiger partial charge on any atom is 0.249 e. The molecule has 0 unspecified atom stereocenters. The van der Waals surface area contributed by atoms with Gasteiger partial charge in [-0.05, 0) is 44.2 Å². The molecule has 0 spiro atoms. The Morgan fingerprint density at radius 2 is 2.15 bits per heavy atom. The van der Waals surface area contributed by atoms with Crippen LogP contribution in [-0.2, 0) is 0 Å². The zero-order valence-corrected chi connectivity index (χ0v) is 15.5. The van der Waals surface area contributed by atoms with Gasteiger partial charge >= 0.3 is 0 Å². The van der Waals surface area contributed by atoms with Gasteiger partial charge in [0.1, 0.15) is 18.2 Å². The fourth-order valence-corrected chi connectivity index (χ4v) is 3.01. The van der Waals surface area contributed by atoms with E-state index in [1.54, 1.807) is 25.1 Å². The molecule has 2 aromatic heterocycles. The Balaban J connectivity index is 1.66. The molecule has 7 heteroatoms. The van der Waals surface area contributed by atoms with E-state index < -0.39 is 0 Å². The molecule has 0 saturated carbocycles. The monoisotopic (exact) mass is 380 g/mol. The van der Waals surface area contributed by atoms with Crippen molar-refractivity contribution in [1.29, 1.82) is 0 Å². The molecule has 6 nitrogen and oxygen atoms in total. The number of benzene rings is 1. The summed E-state index contributed by atoms with van der Waals surface area (Å²) in [4.78, 5) is 13.1. The molecular weight excluding hydrogens is 364 g/mol. The Hall–Kier alpha value is -2.88. The number of nitrogens with one attached hydrogen (secondary N) is 1. The molecule has 1 N–H and O–H groups in total. The zero-order valence-electron chi connectivity index (χ0n) is 14.7. The Labute approximate surface area is 161 Å². The highest BCUT2D eigenvalue weighted by molar-refractivity contribution is 6.31. The van der Waals surface area contributed by atoms with Gasteiger partial charge in [0.15, 0.2) is 5.52 Å². The summed E-state index contributed by atoms with van der Waals surface area (Å²) in [6, 6.07) is 8.95. The molecule has 27 heavy (non-hydrogen) atoms. The Morgan fingerprint density at radius 3 is 2.96 bits per heavy atom. The highest BCUT2D eigenvalue weighted by Gasteiger charge is 2.17. The molecule has 0 aliphatic carbocycles. The number of hydrogen-bond acceptors (Lipinski definition) is 6. The Kier molecular flexibility index (Phi) is 5.05. The van der Waals surface area contributed by atoms with Gasteiger partial charge in [-0.1, -0.05) is 17.5 Å². The molecule has 1 aromatic carbocycles. The third-order valence-corrected chi connectivity index (χ3v) is 4.47. The predicted octanol–water partition coefficient (Wildman–Crippen LogP) is 3.58. The molecular formula is C20H17ClN4O2. The number of fused-ring (bicyclic) bond motifs is 1. The van der Waals surface area contributed by atoms with Crippen molar-refractivity contribution >= 4 is 22.6 Å². The molecule has 1 aliphatic heterocycles. The summed E-state index contributed by atoms with van der Waals surface area (Å²) in [7, 11) is 0. The van der Waals surface area contributed by atoms with Gasteiger partial charge in [-0.2, -0.15) is 4.98 Å². The van der Waals surface area contributed by atoms with E-state index in [2.05, 4.69) is 32.1 Å². The average molecular weight is 381 g/mol. The molecule has 1 aliphatic rings. The van der Waals surface area contributed by atoms with Gasteiger partial charge < -0.3 is 14.8 Å². The van der Waals surface area contributed by atoms with Crippen molar-refractivity contribution in [3.05, 3.63) is 47.2 Å². The molecule has 0 radical (unpaired) electrons. The number of nitrogens with zero attached hydrogens (tertiary/aromatic N) is 3. The number of rotatable bonds is 4. The number of aromatic nitrogens is 3. The summed E-state index contributed by atoms with van der Waals surface area (Å²) >= 11 is 6.16. The topological polar surface area (TPSA) is 69.2 Å². The van der Waals surface area contributed by atoms with Crippen molar-refractivity contribution in [3.8, 4) is 29.4 Å². The van der Waals surface area contributed by atoms with Crippen molar-refractivity contribution in [1.82, 2.24) is 20.3 Å². The van der Waals surface area contributed by atoms with Gasteiger partial charge in [0, 0.05) is 18.2 Å². The fraction of sp³-hybridized carbons (Fsp3) is 0.250. The van der Waals surface area contributed by atoms with Crippen LogP contribution < -0.4 is 14.8 Å². The predicted molar refractivity (Wildman–Crippen MR) is 103 cm³/mol. The number of hydrogen-bond donors (Lipinski definition) is 1. The normalized spacial score (nSPS) is 16.0. The lowest BCUT2D eigenvalue weighted by Gasteiger charge is -2.12. The Morgan fingerprint density at radius 1 is 1.22 bits per heavy atom. The molecule has 3 heterocycles. The van der Waals surface area contributed by atoms with E-state index >= 15 is 0 Å². The van der Waals surface area contributed by atoms with Gasteiger partial charge in [-0.15, -0.1) is 5.92 Å². The summed E-state index contributed by atoms with van der Waals surface area (Å²) in [5, 5.41) is 3.84. The van der Waals surface area contributed by atoms with Gasteiger partial charge in [0.05, 0.1) is 10.5 Å². The first kappa shape index (κ1) is 17.5. The summed E-state index contributed by atoms with van der Waals surface area (Å²) < 4.78 is 11.9. The summed E-state index contributed by atoms with van der Waals surface area (Å²) in [6.07, 6.45) is 2.53. The third kappa shape index (κ3) is 3.95. The van der Waals surface area contributed by atoms with Crippen LogP contribution in [-0.4, -0.2) is 34.1 Å². The van der Waals surface area contributed by atoms with E-state index in [4.69, 9.17) is 21.1 Å². The van der Waals surface area contributed by atoms with Crippen LogP contribution in [0, 0.1) is 11.8 Å². The number of ether oxygens (including phenoxy) is 2. The Bertz CT molecular complexity index is 1040. The van der Waals surface area contributed by atoms with Crippen LogP contribution >= 0.6 is 11.6 Å². The molecule has 136 valence electrons. The smallest absolute Gasteiger partial charge is 0.249 e. The standard InChI is InChI=1S/C20H17ClN4O2/c1-2-3-13-10-14(4-5-16(13)21)27-20-19-17(23-12-24-20)6-7-18(25-19)26-15-8-9-22-11-15/h4-7,10,12,15,22H,8-9,11H2,1H3/t15-/m0/s1. The number of pyridine rings is 1. The second kappa shape index (κ2) is 7.78. The highest BCUT2D eigenvalue weighted by Crippen LogP contribution is 2.29. The minimum atomic E-state index is 0.121. The minimum Gasteiger partial charge on any atom is -0.473 e. The van der Waals surface area contributed by atoms with E-state index in [0.29, 0.717) is 39.1 Å². The first-order valence-corrected chi connectivity index (χ1v) is 9.00. The minimum absolute atomic E-state index is 0.121. The van der Waals surface area contributed by atoms with Crippen LogP contribution in [0.5, 0.6) is 17.5 Å². The average Bonchev–Trinajstić information content (AvgIpc) is 3.18. The van der Waals surface area contributed by atoms with Crippen molar-refractivity contribution in [3.63, 3.8) is 0 Å². The third-order valence-electron chi connectivity index (χ3n) is 4.14.